The highest BCUT2D eigenvalue weighted by Crippen LogP contribution is 2.72. The maximum atomic E-state index is 13.2. The molecule has 5 aliphatic rings. The van der Waals surface area contributed by atoms with Gasteiger partial charge in [0.15, 0.2) is 6.29 Å². The molecule has 2 bridgehead atoms. The summed E-state index contributed by atoms with van der Waals surface area (Å²) in [6.45, 7) is 8.81. The molecule has 0 aromatic rings. The molecule has 2 saturated heterocycles. The van der Waals surface area contributed by atoms with Gasteiger partial charge in [-0.1, -0.05) is 43.7 Å². The predicted molar refractivity (Wildman–Crippen MR) is 139 cm³/mol. The van der Waals surface area contributed by atoms with Crippen LogP contribution in [-0.2, 0) is 28.5 Å². The molecule has 9 heteroatoms. The molecular weight excluding hydrogens is 490 g/mol. The number of epoxide rings is 1. The molecule has 2 aliphatic carbocycles. The summed E-state index contributed by atoms with van der Waals surface area (Å²) in [6, 6.07) is -0.815. The van der Waals surface area contributed by atoms with Crippen LogP contribution in [-0.4, -0.2) is 84.5 Å². The summed E-state index contributed by atoms with van der Waals surface area (Å²) < 4.78 is 31.0. The average Bonchev–Trinajstić information content (AvgIpc) is 3.65. The minimum absolute atomic E-state index is 0.129. The van der Waals surface area contributed by atoms with E-state index in [0.29, 0.717) is 26.1 Å². The maximum Gasteiger partial charge on any atom is 0.323 e. The standard InChI is InChI=1S/C29H43NO8/c1-17-9-11-28-15-35-26(33)25(30)18(2)10-12-34-20(19(3)31)7-5-6-8-24(32)38-21-14-23(37-22(28)13-17)29(16-36-29)27(21,28)4/h5-8,13,18-25,31-32H,9-12,14-16,30H2,1-4H3/b7-5+,8-6-/t18-,19-,20-,21-,22-,23-,24?,25+,27-,28-,29+/m1/s1. The Kier molecular flexibility index (Phi) is 7.67. The van der Waals surface area contributed by atoms with Crippen molar-refractivity contribution in [1.29, 1.82) is 0 Å². The molecule has 212 valence electrons. The summed E-state index contributed by atoms with van der Waals surface area (Å²) in [5, 5.41) is 20.9. The van der Waals surface area contributed by atoms with Crippen molar-refractivity contribution < 1.29 is 38.7 Å². The molecule has 2 spiro atoms. The second-order valence-electron chi connectivity index (χ2n) is 12.1. The Morgan fingerprint density at radius 3 is 2.61 bits per heavy atom. The molecule has 11 atom stereocenters. The van der Waals surface area contributed by atoms with E-state index in [2.05, 4.69) is 19.9 Å². The summed E-state index contributed by atoms with van der Waals surface area (Å²) >= 11 is 0. The number of aliphatic hydroxyl groups excluding tert-OH is 2. The van der Waals surface area contributed by atoms with Crippen molar-refractivity contribution >= 4 is 5.97 Å². The first-order valence-electron chi connectivity index (χ1n) is 13.9. The molecule has 3 aliphatic heterocycles. The van der Waals surface area contributed by atoms with Crippen LogP contribution < -0.4 is 5.73 Å². The third-order valence-corrected chi connectivity index (χ3v) is 9.93. The minimum Gasteiger partial charge on any atom is -0.464 e. The Balaban J connectivity index is 1.50. The van der Waals surface area contributed by atoms with E-state index in [1.54, 1.807) is 31.2 Å². The van der Waals surface area contributed by atoms with Crippen LogP contribution in [0.5, 0.6) is 0 Å². The van der Waals surface area contributed by atoms with E-state index in [1.807, 2.05) is 6.92 Å². The first-order valence-corrected chi connectivity index (χ1v) is 13.9. The average molecular weight is 534 g/mol. The topological polar surface area (TPSA) is 133 Å². The Bertz CT molecular complexity index is 989. The SMILES string of the molecule is CC1=C[C@H]2O[C@@H]3C[C@H]4OC(O)/C=C\C=C\[C@H]([C@@H](C)O)OCC[C@@H](C)[C@H](N)C(=O)OC[C@@]2(CC1)[C@]4(C)[C@]31CO1. The Morgan fingerprint density at radius 2 is 1.89 bits per heavy atom. The summed E-state index contributed by atoms with van der Waals surface area (Å²) in [7, 11) is 0. The molecule has 1 saturated carbocycles. The summed E-state index contributed by atoms with van der Waals surface area (Å²) in [6.07, 6.45) is 8.34. The molecule has 0 amide bonds. The zero-order valence-electron chi connectivity index (χ0n) is 22.9. The zero-order chi connectivity index (χ0) is 27.3. The first-order chi connectivity index (χ1) is 18.0. The minimum atomic E-state index is -1.16. The second kappa shape index (κ2) is 10.4. The van der Waals surface area contributed by atoms with Crippen molar-refractivity contribution in [2.45, 2.75) is 102 Å². The number of hydrogen-bond donors (Lipinski definition) is 3. The van der Waals surface area contributed by atoms with E-state index < -0.39 is 46.9 Å². The number of rotatable bonds is 1. The lowest BCUT2D eigenvalue weighted by molar-refractivity contribution is -0.245. The van der Waals surface area contributed by atoms with E-state index in [9.17, 15) is 15.0 Å². The molecule has 5 rings (SSSR count). The number of carbonyl (C=O) groups is 1. The lowest BCUT2D eigenvalue weighted by Crippen LogP contribution is -2.67. The number of aliphatic hydroxyl groups is 2. The number of allylic oxidation sites excluding steroid dienone is 3. The molecule has 9 nitrogen and oxygen atoms in total. The van der Waals surface area contributed by atoms with Crippen molar-refractivity contribution in [3.8, 4) is 0 Å². The van der Waals surface area contributed by atoms with Crippen molar-refractivity contribution in [2.75, 3.05) is 19.8 Å². The third kappa shape index (κ3) is 4.50. The zero-order valence-corrected chi connectivity index (χ0v) is 22.9. The third-order valence-electron chi connectivity index (χ3n) is 9.93. The van der Waals surface area contributed by atoms with Gasteiger partial charge < -0.3 is 39.6 Å². The molecule has 3 heterocycles. The van der Waals surface area contributed by atoms with Gasteiger partial charge >= 0.3 is 5.97 Å². The van der Waals surface area contributed by atoms with Gasteiger partial charge in [-0.25, -0.2) is 0 Å². The van der Waals surface area contributed by atoms with Gasteiger partial charge in [0.05, 0.1) is 31.0 Å². The van der Waals surface area contributed by atoms with Crippen LogP contribution in [0.25, 0.3) is 0 Å². The second-order valence-corrected chi connectivity index (χ2v) is 12.1. The number of carbonyl (C=O) groups excluding carboxylic acids is 1. The van der Waals surface area contributed by atoms with Gasteiger partial charge in [-0.15, -0.1) is 0 Å². The molecule has 38 heavy (non-hydrogen) atoms. The fraction of sp³-hybridized carbons (Fsp3) is 0.759. The fourth-order valence-corrected chi connectivity index (χ4v) is 7.16. The number of ether oxygens (including phenoxy) is 5. The van der Waals surface area contributed by atoms with Gasteiger partial charge in [0.25, 0.3) is 0 Å². The van der Waals surface area contributed by atoms with Crippen LogP contribution >= 0.6 is 0 Å². The van der Waals surface area contributed by atoms with Crippen molar-refractivity contribution in [1.82, 2.24) is 0 Å². The van der Waals surface area contributed by atoms with Gasteiger partial charge in [0, 0.05) is 23.9 Å². The Labute approximate surface area is 225 Å². The molecule has 1 unspecified atom stereocenters. The molecule has 3 fully saturated rings. The van der Waals surface area contributed by atoms with Crippen LogP contribution in [0.2, 0.25) is 0 Å². The normalized spacial score (nSPS) is 50.1. The summed E-state index contributed by atoms with van der Waals surface area (Å²) in [4.78, 5) is 13.2. The fourth-order valence-electron chi connectivity index (χ4n) is 7.16. The van der Waals surface area contributed by atoms with Crippen molar-refractivity contribution in [2.24, 2.45) is 22.5 Å². The lowest BCUT2D eigenvalue weighted by atomic mass is 9.51. The quantitative estimate of drug-likeness (QED) is 0.263. The van der Waals surface area contributed by atoms with E-state index in [-0.39, 0.29) is 30.8 Å². The molecular formula is C29H43NO8. The van der Waals surface area contributed by atoms with E-state index >= 15 is 0 Å². The van der Waals surface area contributed by atoms with E-state index in [4.69, 9.17) is 29.4 Å². The Morgan fingerprint density at radius 1 is 1.16 bits per heavy atom. The lowest BCUT2D eigenvalue weighted by Gasteiger charge is -2.58. The number of hydrogen-bond acceptors (Lipinski definition) is 9. The molecule has 0 radical (unpaired) electrons. The van der Waals surface area contributed by atoms with Crippen LogP contribution in [0, 0.1) is 16.7 Å². The molecule has 0 aromatic carbocycles. The van der Waals surface area contributed by atoms with Gasteiger partial charge in [-0.2, -0.15) is 0 Å². The van der Waals surface area contributed by atoms with E-state index in [0.717, 1.165) is 12.8 Å². The number of cyclic esters (lactones) is 1. The highest BCUT2D eigenvalue weighted by Gasteiger charge is 2.82. The van der Waals surface area contributed by atoms with Crippen molar-refractivity contribution in [3.05, 3.63) is 36.0 Å². The summed E-state index contributed by atoms with van der Waals surface area (Å²) in [5.41, 5.74) is 5.89. The van der Waals surface area contributed by atoms with Crippen LogP contribution in [0.15, 0.2) is 36.0 Å². The van der Waals surface area contributed by atoms with Crippen LogP contribution in [0.1, 0.15) is 53.4 Å². The molecule has 0 aromatic heterocycles. The number of esters is 1. The highest BCUT2D eigenvalue weighted by atomic mass is 16.7. The maximum absolute atomic E-state index is 13.2. The van der Waals surface area contributed by atoms with Crippen LogP contribution in [0.4, 0.5) is 0 Å². The van der Waals surface area contributed by atoms with Gasteiger partial charge in [-0.3, -0.25) is 4.79 Å². The first kappa shape index (κ1) is 28.0. The van der Waals surface area contributed by atoms with Gasteiger partial charge in [0.1, 0.15) is 24.4 Å². The predicted octanol–water partition coefficient (Wildman–Crippen LogP) is 2.15. The van der Waals surface area contributed by atoms with Crippen LogP contribution in [0.3, 0.4) is 0 Å². The monoisotopic (exact) mass is 533 g/mol. The molecule has 4 N–H and O–H groups in total. The van der Waals surface area contributed by atoms with Gasteiger partial charge in [0.2, 0.25) is 0 Å². The van der Waals surface area contributed by atoms with Crippen molar-refractivity contribution in [3.63, 3.8) is 0 Å². The number of nitrogens with two attached hydrogens (primary N) is 1. The smallest absolute Gasteiger partial charge is 0.323 e. The largest absolute Gasteiger partial charge is 0.464 e. The summed E-state index contributed by atoms with van der Waals surface area (Å²) in [5.74, 6) is -0.639. The van der Waals surface area contributed by atoms with Gasteiger partial charge in [-0.05, 0) is 45.1 Å². The highest BCUT2D eigenvalue weighted by molar-refractivity contribution is 5.75. The van der Waals surface area contributed by atoms with E-state index in [1.165, 1.54) is 5.57 Å². The Hall–Kier alpha value is -1.59.